The first-order chi connectivity index (χ1) is 12.2. The van der Waals surface area contributed by atoms with E-state index in [4.69, 9.17) is 4.74 Å². The highest BCUT2D eigenvalue weighted by molar-refractivity contribution is 5.81. The molecule has 0 saturated carbocycles. The normalized spacial score (nSPS) is 18.7. The van der Waals surface area contributed by atoms with Crippen LogP contribution in [0.3, 0.4) is 0 Å². The van der Waals surface area contributed by atoms with Crippen LogP contribution in [0.4, 0.5) is 4.39 Å². The molecule has 25 heavy (non-hydrogen) atoms. The SMILES string of the molecule is CCn1cnnc1C1CN(Cc2cc(F)cc3cccnc23)CCO1. The van der Waals surface area contributed by atoms with Crippen molar-refractivity contribution in [2.24, 2.45) is 0 Å². The Morgan fingerprint density at radius 3 is 3.16 bits per heavy atom. The van der Waals surface area contributed by atoms with Gasteiger partial charge < -0.3 is 9.30 Å². The number of rotatable bonds is 4. The van der Waals surface area contributed by atoms with Crippen LogP contribution in [-0.4, -0.2) is 44.3 Å². The zero-order valence-electron chi connectivity index (χ0n) is 14.1. The van der Waals surface area contributed by atoms with Gasteiger partial charge in [-0.3, -0.25) is 9.88 Å². The zero-order valence-corrected chi connectivity index (χ0v) is 14.1. The lowest BCUT2D eigenvalue weighted by atomic mass is 10.1. The van der Waals surface area contributed by atoms with E-state index in [2.05, 4.69) is 27.0 Å². The van der Waals surface area contributed by atoms with Crippen molar-refractivity contribution in [3.63, 3.8) is 0 Å². The molecule has 3 heterocycles. The first-order valence-electron chi connectivity index (χ1n) is 8.49. The summed E-state index contributed by atoms with van der Waals surface area (Å²) < 4.78 is 21.8. The molecule has 0 N–H and O–H groups in total. The van der Waals surface area contributed by atoms with E-state index >= 15 is 0 Å². The van der Waals surface area contributed by atoms with Gasteiger partial charge in [-0.2, -0.15) is 0 Å². The van der Waals surface area contributed by atoms with Gasteiger partial charge in [-0.15, -0.1) is 10.2 Å². The van der Waals surface area contributed by atoms with Crippen molar-refractivity contribution in [1.29, 1.82) is 0 Å². The number of morpholine rings is 1. The summed E-state index contributed by atoms with van der Waals surface area (Å²) in [6.07, 6.45) is 3.35. The molecule has 0 bridgehead atoms. The van der Waals surface area contributed by atoms with E-state index < -0.39 is 0 Å². The Hall–Kier alpha value is -2.38. The van der Waals surface area contributed by atoms with Crippen molar-refractivity contribution in [2.45, 2.75) is 26.1 Å². The van der Waals surface area contributed by atoms with Crippen molar-refractivity contribution in [3.05, 3.63) is 54.0 Å². The van der Waals surface area contributed by atoms with Gasteiger partial charge in [0.1, 0.15) is 18.2 Å². The van der Waals surface area contributed by atoms with E-state index in [0.29, 0.717) is 19.7 Å². The molecule has 0 radical (unpaired) electrons. The number of nitrogens with zero attached hydrogens (tertiary/aromatic N) is 5. The number of aromatic nitrogens is 4. The van der Waals surface area contributed by atoms with Gasteiger partial charge in [0.05, 0.1) is 12.1 Å². The second-order valence-electron chi connectivity index (χ2n) is 6.21. The fourth-order valence-corrected chi connectivity index (χ4v) is 3.35. The Kier molecular flexibility index (Phi) is 4.42. The minimum atomic E-state index is -0.231. The number of pyridine rings is 1. The predicted octanol–water partition coefficient (Wildman–Crippen LogP) is 2.56. The summed E-state index contributed by atoms with van der Waals surface area (Å²) >= 11 is 0. The van der Waals surface area contributed by atoms with Gasteiger partial charge in [0, 0.05) is 37.8 Å². The van der Waals surface area contributed by atoms with Crippen molar-refractivity contribution >= 4 is 10.9 Å². The second-order valence-corrected chi connectivity index (χ2v) is 6.21. The van der Waals surface area contributed by atoms with E-state index in [9.17, 15) is 4.39 Å². The first-order valence-corrected chi connectivity index (χ1v) is 8.49. The largest absolute Gasteiger partial charge is 0.368 e. The van der Waals surface area contributed by atoms with Crippen LogP contribution in [0.5, 0.6) is 0 Å². The van der Waals surface area contributed by atoms with Crippen LogP contribution in [0.2, 0.25) is 0 Å². The molecule has 1 saturated heterocycles. The molecule has 1 aliphatic heterocycles. The van der Waals surface area contributed by atoms with Crippen molar-refractivity contribution in [3.8, 4) is 0 Å². The Labute approximate surface area is 145 Å². The van der Waals surface area contributed by atoms with Gasteiger partial charge >= 0.3 is 0 Å². The molecule has 7 heteroatoms. The zero-order chi connectivity index (χ0) is 17.2. The fourth-order valence-electron chi connectivity index (χ4n) is 3.35. The summed E-state index contributed by atoms with van der Waals surface area (Å²) in [5, 5.41) is 9.02. The summed E-state index contributed by atoms with van der Waals surface area (Å²) in [5.41, 5.74) is 1.75. The molecule has 1 fully saturated rings. The quantitative estimate of drug-likeness (QED) is 0.730. The van der Waals surface area contributed by atoms with Crippen LogP contribution < -0.4 is 0 Å². The van der Waals surface area contributed by atoms with Crippen LogP contribution in [0.15, 0.2) is 36.8 Å². The third-order valence-electron chi connectivity index (χ3n) is 4.57. The molecule has 1 atom stereocenters. The minimum Gasteiger partial charge on any atom is -0.368 e. The summed E-state index contributed by atoms with van der Waals surface area (Å²) in [7, 11) is 0. The highest BCUT2D eigenvalue weighted by atomic mass is 19.1. The molecule has 1 aromatic carbocycles. The summed E-state index contributed by atoms with van der Waals surface area (Å²) in [6, 6.07) is 6.82. The van der Waals surface area contributed by atoms with Crippen molar-refractivity contribution in [2.75, 3.05) is 19.7 Å². The first kappa shape index (κ1) is 16.1. The molecule has 0 amide bonds. The van der Waals surface area contributed by atoms with E-state index in [1.165, 1.54) is 6.07 Å². The topological polar surface area (TPSA) is 56.1 Å². The average Bonchev–Trinajstić information content (AvgIpc) is 3.10. The maximum Gasteiger partial charge on any atom is 0.163 e. The van der Waals surface area contributed by atoms with Crippen LogP contribution in [-0.2, 0) is 17.8 Å². The standard InChI is InChI=1S/C18H20FN5O/c1-2-24-12-21-22-18(24)16-11-23(6-7-25-16)10-14-9-15(19)8-13-4-3-5-20-17(13)14/h3-5,8-9,12,16H,2,6-7,10-11H2,1H3. The maximum atomic E-state index is 14.0. The monoisotopic (exact) mass is 341 g/mol. The molecule has 1 unspecified atom stereocenters. The molecule has 0 spiro atoms. The molecule has 130 valence electrons. The number of fused-ring (bicyclic) bond motifs is 1. The third kappa shape index (κ3) is 3.25. The van der Waals surface area contributed by atoms with Gasteiger partial charge in [-0.1, -0.05) is 6.07 Å². The van der Waals surface area contributed by atoms with Gasteiger partial charge in [-0.05, 0) is 30.7 Å². The van der Waals surface area contributed by atoms with Gasteiger partial charge in [0.15, 0.2) is 5.82 Å². The van der Waals surface area contributed by atoms with E-state index in [1.807, 2.05) is 16.7 Å². The highest BCUT2D eigenvalue weighted by Gasteiger charge is 2.26. The summed E-state index contributed by atoms with van der Waals surface area (Å²) in [5.74, 6) is 0.612. The summed E-state index contributed by atoms with van der Waals surface area (Å²) in [4.78, 5) is 6.69. The fraction of sp³-hybridized carbons (Fsp3) is 0.389. The predicted molar refractivity (Wildman–Crippen MR) is 91.4 cm³/mol. The average molecular weight is 341 g/mol. The Morgan fingerprint density at radius 2 is 2.28 bits per heavy atom. The smallest absolute Gasteiger partial charge is 0.163 e. The number of ether oxygens (including phenoxy) is 1. The Bertz CT molecular complexity index is 881. The van der Waals surface area contributed by atoms with Crippen LogP contribution in [0.25, 0.3) is 10.9 Å². The van der Waals surface area contributed by atoms with Gasteiger partial charge in [0.2, 0.25) is 0 Å². The second kappa shape index (κ2) is 6.85. The van der Waals surface area contributed by atoms with Crippen molar-refractivity contribution < 1.29 is 9.13 Å². The van der Waals surface area contributed by atoms with E-state index in [0.717, 1.165) is 35.4 Å². The molecule has 4 rings (SSSR count). The van der Waals surface area contributed by atoms with Gasteiger partial charge in [-0.25, -0.2) is 4.39 Å². The van der Waals surface area contributed by atoms with Crippen LogP contribution in [0.1, 0.15) is 24.4 Å². The van der Waals surface area contributed by atoms with Crippen molar-refractivity contribution in [1.82, 2.24) is 24.6 Å². The number of hydrogen-bond donors (Lipinski definition) is 0. The molecular formula is C18H20FN5O. The molecule has 3 aromatic rings. The van der Waals surface area contributed by atoms with Gasteiger partial charge in [0.25, 0.3) is 0 Å². The molecule has 6 nitrogen and oxygen atoms in total. The number of aryl methyl sites for hydroxylation is 1. The molecule has 1 aliphatic rings. The number of halogens is 1. The third-order valence-corrected chi connectivity index (χ3v) is 4.57. The van der Waals surface area contributed by atoms with Crippen LogP contribution in [0, 0.1) is 5.82 Å². The minimum absolute atomic E-state index is 0.121. The highest BCUT2D eigenvalue weighted by Crippen LogP contribution is 2.24. The van der Waals surface area contributed by atoms with E-state index in [1.54, 1.807) is 18.6 Å². The number of hydrogen-bond acceptors (Lipinski definition) is 5. The molecule has 2 aromatic heterocycles. The summed E-state index contributed by atoms with van der Waals surface area (Å²) in [6.45, 7) is 5.59. The maximum absolute atomic E-state index is 14.0. The Morgan fingerprint density at radius 1 is 1.36 bits per heavy atom. The lowest BCUT2D eigenvalue weighted by Crippen LogP contribution is -2.38. The molecular weight excluding hydrogens is 321 g/mol. The Balaban J connectivity index is 1.57. The lowest BCUT2D eigenvalue weighted by Gasteiger charge is -2.32. The number of benzene rings is 1. The lowest BCUT2D eigenvalue weighted by molar-refractivity contribution is -0.0387. The molecule has 0 aliphatic carbocycles. The van der Waals surface area contributed by atoms with E-state index in [-0.39, 0.29) is 11.9 Å². The van der Waals surface area contributed by atoms with Crippen LogP contribution >= 0.6 is 0 Å².